The normalized spacial score (nSPS) is 17.2. The molecular weight excluding hydrogens is 404 g/mol. The Hall–Kier alpha value is -3.24. The minimum absolute atomic E-state index is 0.118. The highest BCUT2D eigenvalue weighted by atomic mass is 32.2. The molecule has 3 N–H and O–H groups in total. The van der Waals surface area contributed by atoms with Crippen LogP contribution in [-0.4, -0.2) is 52.5 Å². The predicted molar refractivity (Wildman–Crippen MR) is 112 cm³/mol. The summed E-state index contributed by atoms with van der Waals surface area (Å²) >= 11 is 0. The zero-order valence-corrected chi connectivity index (χ0v) is 17.2. The van der Waals surface area contributed by atoms with Crippen molar-refractivity contribution in [3.63, 3.8) is 0 Å². The van der Waals surface area contributed by atoms with E-state index in [1.807, 2.05) is 6.20 Å². The summed E-state index contributed by atoms with van der Waals surface area (Å²) in [4.78, 5) is 17.2. The van der Waals surface area contributed by atoms with Gasteiger partial charge in [0.1, 0.15) is 5.82 Å². The number of amides is 1. The van der Waals surface area contributed by atoms with E-state index in [0.717, 1.165) is 11.1 Å². The number of benzene rings is 1. The number of pyridine rings is 1. The maximum Gasteiger partial charge on any atom is 0.255 e. The molecule has 3 aromatic rings. The number of nitrogen functional groups attached to an aromatic ring is 1. The van der Waals surface area contributed by atoms with Crippen molar-refractivity contribution in [3.8, 4) is 11.1 Å². The summed E-state index contributed by atoms with van der Waals surface area (Å²) in [6, 6.07) is 9.64. The summed E-state index contributed by atoms with van der Waals surface area (Å²) in [7, 11) is -1.78. The summed E-state index contributed by atoms with van der Waals surface area (Å²) in [5.41, 5.74) is 7.72. The fraction of sp³-hybridized carbons (Fsp3) is 0.250. The third-order valence-corrected chi connectivity index (χ3v) is 6.95. The van der Waals surface area contributed by atoms with E-state index >= 15 is 0 Å². The molecule has 1 saturated heterocycles. The Morgan fingerprint density at radius 1 is 1.20 bits per heavy atom. The second-order valence-corrected chi connectivity index (χ2v) is 9.13. The molecule has 4 rings (SSSR count). The lowest BCUT2D eigenvalue weighted by atomic mass is 10.1. The van der Waals surface area contributed by atoms with Crippen LogP contribution in [0, 0.1) is 0 Å². The van der Waals surface area contributed by atoms with Crippen LogP contribution in [-0.2, 0) is 17.1 Å². The maximum atomic E-state index is 12.8. The molecular formula is C20H22N6O3S. The lowest BCUT2D eigenvalue weighted by Gasteiger charge is -2.17. The summed E-state index contributed by atoms with van der Waals surface area (Å²) in [5, 5.41) is 7.01. The van der Waals surface area contributed by atoms with Gasteiger partial charge in [0, 0.05) is 49.7 Å². The average Bonchev–Trinajstić information content (AvgIpc) is 3.38. The molecule has 156 valence electrons. The van der Waals surface area contributed by atoms with Gasteiger partial charge >= 0.3 is 0 Å². The van der Waals surface area contributed by atoms with Crippen molar-refractivity contribution in [2.24, 2.45) is 7.05 Å². The van der Waals surface area contributed by atoms with Crippen LogP contribution in [0.15, 0.2) is 59.9 Å². The predicted octanol–water partition coefficient (Wildman–Crippen LogP) is 1.26. The van der Waals surface area contributed by atoms with Crippen LogP contribution in [0.3, 0.4) is 0 Å². The van der Waals surface area contributed by atoms with Crippen molar-refractivity contribution in [1.82, 2.24) is 24.4 Å². The van der Waals surface area contributed by atoms with Crippen LogP contribution in [0.4, 0.5) is 5.82 Å². The molecule has 1 aromatic carbocycles. The van der Waals surface area contributed by atoms with Gasteiger partial charge < -0.3 is 11.1 Å². The van der Waals surface area contributed by atoms with Crippen molar-refractivity contribution in [2.75, 3.05) is 18.8 Å². The first-order valence-corrected chi connectivity index (χ1v) is 10.9. The summed E-state index contributed by atoms with van der Waals surface area (Å²) in [6.07, 6.45) is 5.61. The second kappa shape index (κ2) is 7.88. The molecule has 0 spiro atoms. The Balaban J connectivity index is 1.47. The van der Waals surface area contributed by atoms with Crippen molar-refractivity contribution >= 4 is 21.7 Å². The first-order chi connectivity index (χ1) is 14.3. The molecule has 9 nitrogen and oxygen atoms in total. The van der Waals surface area contributed by atoms with Gasteiger partial charge in [-0.2, -0.15) is 9.40 Å². The molecule has 1 atom stereocenters. The second-order valence-electron chi connectivity index (χ2n) is 7.19. The first kappa shape index (κ1) is 20.0. The van der Waals surface area contributed by atoms with Gasteiger partial charge in [0.05, 0.1) is 16.7 Å². The van der Waals surface area contributed by atoms with Gasteiger partial charge in [-0.3, -0.25) is 9.48 Å². The highest BCUT2D eigenvalue weighted by Gasteiger charge is 2.33. The Morgan fingerprint density at radius 2 is 1.97 bits per heavy atom. The molecule has 0 bridgehead atoms. The topological polar surface area (TPSA) is 123 Å². The largest absolute Gasteiger partial charge is 0.383 e. The third-order valence-electron chi connectivity index (χ3n) is 5.07. The third kappa shape index (κ3) is 3.91. The van der Waals surface area contributed by atoms with Gasteiger partial charge in [-0.25, -0.2) is 13.4 Å². The maximum absolute atomic E-state index is 12.8. The minimum Gasteiger partial charge on any atom is -0.383 e. The number of nitrogens with one attached hydrogen (secondary N) is 1. The van der Waals surface area contributed by atoms with Crippen LogP contribution in [0.5, 0.6) is 0 Å². The molecule has 0 unspecified atom stereocenters. The number of hydrogen-bond donors (Lipinski definition) is 2. The number of carbonyl (C=O) groups excluding carboxylic acids is 1. The van der Waals surface area contributed by atoms with Crippen LogP contribution in [0.25, 0.3) is 11.1 Å². The number of carbonyl (C=O) groups is 1. The van der Waals surface area contributed by atoms with E-state index in [-0.39, 0.29) is 34.8 Å². The van der Waals surface area contributed by atoms with E-state index in [9.17, 15) is 13.2 Å². The average molecular weight is 427 g/mol. The molecule has 30 heavy (non-hydrogen) atoms. The fourth-order valence-corrected chi connectivity index (χ4v) is 4.98. The lowest BCUT2D eigenvalue weighted by Crippen LogP contribution is -2.38. The van der Waals surface area contributed by atoms with E-state index in [2.05, 4.69) is 15.4 Å². The zero-order chi connectivity index (χ0) is 21.3. The fourth-order valence-electron chi connectivity index (χ4n) is 3.45. The van der Waals surface area contributed by atoms with E-state index in [1.165, 1.54) is 4.31 Å². The van der Waals surface area contributed by atoms with Gasteiger partial charge in [-0.1, -0.05) is 18.2 Å². The van der Waals surface area contributed by atoms with Crippen LogP contribution < -0.4 is 11.1 Å². The number of anilines is 1. The highest BCUT2D eigenvalue weighted by Crippen LogP contribution is 2.23. The number of rotatable bonds is 5. The molecule has 3 heterocycles. The molecule has 0 aliphatic carbocycles. The molecule has 1 fully saturated rings. The minimum atomic E-state index is -3.58. The van der Waals surface area contributed by atoms with Crippen LogP contribution in [0.2, 0.25) is 0 Å². The molecule has 1 amide bonds. The van der Waals surface area contributed by atoms with E-state index in [4.69, 9.17) is 5.73 Å². The van der Waals surface area contributed by atoms with Crippen molar-refractivity contribution in [1.29, 1.82) is 0 Å². The summed E-state index contributed by atoms with van der Waals surface area (Å²) < 4.78 is 28.6. The van der Waals surface area contributed by atoms with Crippen LogP contribution >= 0.6 is 0 Å². The zero-order valence-electron chi connectivity index (χ0n) is 16.4. The number of aromatic nitrogens is 3. The number of nitrogens with zero attached hydrogens (tertiary/aromatic N) is 4. The molecule has 1 aliphatic rings. The molecule has 0 radical (unpaired) electrons. The van der Waals surface area contributed by atoms with E-state index in [0.29, 0.717) is 13.0 Å². The molecule has 0 saturated carbocycles. The number of hydrogen-bond acceptors (Lipinski definition) is 6. The molecule has 1 aliphatic heterocycles. The van der Waals surface area contributed by atoms with Gasteiger partial charge in [-0.15, -0.1) is 0 Å². The van der Waals surface area contributed by atoms with Gasteiger partial charge in [-0.05, 0) is 24.6 Å². The van der Waals surface area contributed by atoms with Crippen molar-refractivity contribution < 1.29 is 13.2 Å². The quantitative estimate of drug-likeness (QED) is 0.633. The Labute approximate surface area is 174 Å². The van der Waals surface area contributed by atoms with Gasteiger partial charge in [0.15, 0.2) is 0 Å². The Kier molecular flexibility index (Phi) is 5.27. The summed E-state index contributed by atoms with van der Waals surface area (Å²) in [6.45, 7) is 0.546. The van der Waals surface area contributed by atoms with Gasteiger partial charge in [0.2, 0.25) is 10.0 Å². The van der Waals surface area contributed by atoms with Crippen molar-refractivity contribution in [3.05, 3.63) is 60.6 Å². The number of sulfonamides is 1. The molecule has 2 aromatic heterocycles. The van der Waals surface area contributed by atoms with Crippen LogP contribution in [0.1, 0.15) is 16.8 Å². The standard InChI is InChI=1S/C20H22N6O3S/c1-25-12-15(11-23-25)14-9-18(19(21)22-10-14)20(27)24-16-7-8-26(13-16)30(28,29)17-5-3-2-4-6-17/h2-6,9-12,16H,7-8,13H2,1H3,(H2,21,22)(H,24,27)/t16-/m1/s1. The molecule has 10 heteroatoms. The van der Waals surface area contributed by atoms with E-state index in [1.54, 1.807) is 60.5 Å². The SMILES string of the molecule is Cn1cc(-c2cnc(N)c(C(=O)N[C@@H]3CCN(S(=O)(=O)c4ccccc4)C3)c2)cn1. The highest BCUT2D eigenvalue weighted by molar-refractivity contribution is 7.89. The number of nitrogens with two attached hydrogens (primary N) is 1. The number of aryl methyl sites for hydroxylation is 1. The Bertz CT molecular complexity index is 1180. The van der Waals surface area contributed by atoms with Gasteiger partial charge in [0.25, 0.3) is 5.91 Å². The Morgan fingerprint density at radius 3 is 2.67 bits per heavy atom. The first-order valence-electron chi connectivity index (χ1n) is 9.45. The monoisotopic (exact) mass is 426 g/mol. The summed E-state index contributed by atoms with van der Waals surface area (Å²) in [5.74, 6) is -0.262. The van der Waals surface area contributed by atoms with Crippen molar-refractivity contribution in [2.45, 2.75) is 17.4 Å². The lowest BCUT2D eigenvalue weighted by molar-refractivity contribution is 0.0939. The van der Waals surface area contributed by atoms with E-state index < -0.39 is 10.0 Å². The smallest absolute Gasteiger partial charge is 0.255 e.